The summed E-state index contributed by atoms with van der Waals surface area (Å²) in [6.07, 6.45) is 20.4. The Morgan fingerprint density at radius 1 is 0.333 bits per heavy atom. The molecule has 6 rings (SSSR count). The van der Waals surface area contributed by atoms with Crippen molar-refractivity contribution >= 4 is 0 Å². The fraction of sp³-hybridized carbons (Fsp3) is 0.818. The lowest BCUT2D eigenvalue weighted by Crippen LogP contribution is -2.59. The van der Waals surface area contributed by atoms with Gasteiger partial charge in [0.25, 0.3) is 0 Å². The van der Waals surface area contributed by atoms with Crippen LogP contribution in [0.2, 0.25) is 0 Å². The Labute approximate surface area is 475 Å². The molecule has 4 heterocycles. The van der Waals surface area contributed by atoms with E-state index < -0.39 is 0 Å². The van der Waals surface area contributed by atoms with E-state index in [1.54, 1.807) is 0 Å². The van der Waals surface area contributed by atoms with E-state index in [4.69, 9.17) is 37.9 Å². The molecule has 0 saturated carbocycles. The van der Waals surface area contributed by atoms with Crippen molar-refractivity contribution in [2.45, 2.75) is 295 Å². The van der Waals surface area contributed by atoms with Gasteiger partial charge in [-0.25, -0.2) is 0 Å². The molecule has 0 spiro atoms. The maximum absolute atomic E-state index is 6.42. The molecule has 2 aromatic rings. The number of nitrogens with one attached hydrogen (secondary N) is 4. The van der Waals surface area contributed by atoms with Crippen molar-refractivity contribution < 1.29 is 37.9 Å². The summed E-state index contributed by atoms with van der Waals surface area (Å²) in [5.74, 6) is 3.50. The SMILES string of the molecule is CC1CC(OCCCOc2cc(CCCCCCCc3cc(OCCCOC4CC(C)(C)NC(C)(C)C4)cc(OCCCOC4CC(C)(C)NC(C)(C)C4)c3)cc(OCCCOC3CC(C)(C)NC(C)(C)C3)c2)CC(C)(C)N1. The zero-order chi connectivity index (χ0) is 56.7. The second kappa shape index (κ2) is 29.0. The summed E-state index contributed by atoms with van der Waals surface area (Å²) in [5, 5.41) is 15.0. The first kappa shape index (κ1) is 64.5. The van der Waals surface area contributed by atoms with Gasteiger partial charge in [0.1, 0.15) is 23.0 Å². The van der Waals surface area contributed by atoms with E-state index in [2.05, 4.69) is 162 Å². The number of benzene rings is 2. The first-order chi connectivity index (χ1) is 36.6. The normalized spacial score (nSPS) is 23.7. The van der Waals surface area contributed by atoms with E-state index >= 15 is 0 Å². The first-order valence-electron chi connectivity index (χ1n) is 31.0. The number of aryl methyl sites for hydroxylation is 2. The van der Waals surface area contributed by atoms with Crippen molar-refractivity contribution in [3.63, 3.8) is 0 Å². The zero-order valence-electron chi connectivity index (χ0n) is 52.2. The highest BCUT2D eigenvalue weighted by molar-refractivity contribution is 5.39. The average molecular weight is 1090 g/mol. The van der Waals surface area contributed by atoms with E-state index in [1.807, 2.05) is 0 Å². The van der Waals surface area contributed by atoms with Crippen LogP contribution in [-0.4, -0.2) is 122 Å². The van der Waals surface area contributed by atoms with Gasteiger partial charge in [-0.15, -0.1) is 0 Å². The van der Waals surface area contributed by atoms with Gasteiger partial charge in [-0.05, 0) is 216 Å². The predicted molar refractivity (Wildman–Crippen MR) is 320 cm³/mol. The molecular formula is C66H114N4O8. The Morgan fingerprint density at radius 3 is 0.897 bits per heavy atom. The van der Waals surface area contributed by atoms with Crippen LogP contribution in [0.3, 0.4) is 0 Å². The molecule has 12 heteroatoms. The smallest absolute Gasteiger partial charge is 0.123 e. The van der Waals surface area contributed by atoms with Crippen LogP contribution in [0.25, 0.3) is 0 Å². The van der Waals surface area contributed by atoms with Crippen LogP contribution in [0, 0.1) is 0 Å². The highest BCUT2D eigenvalue weighted by Gasteiger charge is 2.40. The lowest BCUT2D eigenvalue weighted by atomic mass is 9.81. The van der Waals surface area contributed by atoms with Gasteiger partial charge in [0, 0.05) is 82.6 Å². The van der Waals surface area contributed by atoms with Gasteiger partial charge >= 0.3 is 0 Å². The molecule has 2 atom stereocenters. The van der Waals surface area contributed by atoms with Crippen LogP contribution in [0.4, 0.5) is 0 Å². The van der Waals surface area contributed by atoms with Gasteiger partial charge in [0.15, 0.2) is 0 Å². The molecule has 2 unspecified atom stereocenters. The molecule has 0 aromatic heterocycles. The number of piperidine rings is 4. The van der Waals surface area contributed by atoms with Crippen LogP contribution in [-0.2, 0) is 31.8 Å². The molecule has 446 valence electrons. The number of ether oxygens (including phenoxy) is 8. The van der Waals surface area contributed by atoms with E-state index in [1.165, 1.54) is 30.4 Å². The highest BCUT2D eigenvalue weighted by Crippen LogP contribution is 2.34. The minimum absolute atomic E-state index is 0.0652. The van der Waals surface area contributed by atoms with Crippen LogP contribution in [0.1, 0.15) is 224 Å². The second-order valence-corrected chi connectivity index (χ2v) is 28.9. The topological polar surface area (TPSA) is 122 Å². The highest BCUT2D eigenvalue weighted by atomic mass is 16.5. The minimum atomic E-state index is 0.0652. The largest absolute Gasteiger partial charge is 0.493 e. The number of hydrogen-bond acceptors (Lipinski definition) is 12. The third-order valence-electron chi connectivity index (χ3n) is 15.9. The molecule has 78 heavy (non-hydrogen) atoms. The Bertz CT molecular complexity index is 1970. The van der Waals surface area contributed by atoms with Gasteiger partial charge in [0.2, 0.25) is 0 Å². The Morgan fingerprint density at radius 2 is 0.603 bits per heavy atom. The van der Waals surface area contributed by atoms with Crippen molar-refractivity contribution in [3.8, 4) is 23.0 Å². The molecule has 4 aliphatic heterocycles. The van der Waals surface area contributed by atoms with E-state index in [0.717, 1.165) is 126 Å². The summed E-state index contributed by atoms with van der Waals surface area (Å²) in [6.45, 7) is 39.3. The van der Waals surface area contributed by atoms with Gasteiger partial charge in [0.05, 0.1) is 77.3 Å². The standard InChI is InChI=1S/C66H114N4O8/c1-49-35-56(42-60(2,3)67-49)75-31-21-27-71-52-36-50(37-53(40-52)72-28-22-32-76-57-43-61(4,5)68-62(6,7)44-57)25-19-17-16-18-20-26-51-38-54(73-29-23-33-77-58-45-63(8,9)69-64(10,11)46-58)41-55(39-51)74-30-24-34-78-59-47-65(12,13)70-66(14,15)48-59/h36-41,49,56-59,67-70H,16-35,42-48H2,1-15H3. The molecule has 12 nitrogen and oxygen atoms in total. The molecule has 0 aliphatic carbocycles. The monoisotopic (exact) mass is 1090 g/mol. The molecule has 0 bridgehead atoms. The Hall–Kier alpha value is -2.68. The fourth-order valence-electron chi connectivity index (χ4n) is 14.1. The van der Waals surface area contributed by atoms with E-state index in [0.29, 0.717) is 58.9 Å². The van der Waals surface area contributed by atoms with Crippen molar-refractivity contribution in [3.05, 3.63) is 47.5 Å². The average Bonchev–Trinajstić information content (AvgIpc) is 3.27. The summed E-state index contributed by atoms with van der Waals surface area (Å²) in [5.41, 5.74) is 3.02. The van der Waals surface area contributed by atoms with Crippen molar-refractivity contribution in [1.29, 1.82) is 0 Å². The van der Waals surface area contributed by atoms with Crippen molar-refractivity contribution in [1.82, 2.24) is 21.3 Å². The molecule has 4 fully saturated rings. The molecular weight excluding hydrogens is 977 g/mol. The van der Waals surface area contributed by atoms with Crippen LogP contribution in [0.15, 0.2) is 36.4 Å². The predicted octanol–water partition coefficient (Wildman–Crippen LogP) is 13.4. The third kappa shape index (κ3) is 24.4. The summed E-state index contributed by atoms with van der Waals surface area (Å²) in [6, 6.07) is 13.5. The van der Waals surface area contributed by atoms with Crippen LogP contribution >= 0.6 is 0 Å². The van der Waals surface area contributed by atoms with Crippen molar-refractivity contribution in [2.75, 3.05) is 52.9 Å². The molecule has 0 amide bonds. The van der Waals surface area contributed by atoms with Crippen molar-refractivity contribution in [2.24, 2.45) is 0 Å². The Balaban J connectivity index is 0.963. The summed E-state index contributed by atoms with van der Waals surface area (Å²) >= 11 is 0. The maximum atomic E-state index is 6.42. The maximum Gasteiger partial charge on any atom is 0.123 e. The number of unbranched alkanes of at least 4 members (excludes halogenated alkanes) is 4. The lowest BCUT2D eigenvalue weighted by Gasteiger charge is -2.46. The first-order valence-corrected chi connectivity index (χ1v) is 31.0. The summed E-state index contributed by atoms with van der Waals surface area (Å²) < 4.78 is 51.3. The lowest BCUT2D eigenvalue weighted by molar-refractivity contribution is -0.0252. The fourth-order valence-corrected chi connectivity index (χ4v) is 14.1. The zero-order valence-corrected chi connectivity index (χ0v) is 52.2. The van der Waals surface area contributed by atoms with E-state index in [9.17, 15) is 0 Å². The van der Waals surface area contributed by atoms with Gasteiger partial charge in [-0.3, -0.25) is 0 Å². The molecule has 2 aromatic carbocycles. The minimum Gasteiger partial charge on any atom is -0.493 e. The van der Waals surface area contributed by atoms with Gasteiger partial charge in [-0.2, -0.15) is 0 Å². The molecule has 4 saturated heterocycles. The van der Waals surface area contributed by atoms with Crippen LogP contribution in [0.5, 0.6) is 23.0 Å². The molecule has 4 N–H and O–H groups in total. The van der Waals surface area contributed by atoms with Gasteiger partial charge in [-0.1, -0.05) is 19.3 Å². The molecule has 4 aliphatic rings. The molecule has 0 radical (unpaired) electrons. The summed E-state index contributed by atoms with van der Waals surface area (Å²) in [4.78, 5) is 0. The number of rotatable bonds is 32. The van der Waals surface area contributed by atoms with E-state index in [-0.39, 0.29) is 63.2 Å². The second-order valence-electron chi connectivity index (χ2n) is 28.9. The summed E-state index contributed by atoms with van der Waals surface area (Å²) in [7, 11) is 0. The van der Waals surface area contributed by atoms with Crippen LogP contribution < -0.4 is 40.2 Å². The number of hydrogen-bond donors (Lipinski definition) is 4. The third-order valence-corrected chi connectivity index (χ3v) is 15.9. The Kier molecular flexibility index (Phi) is 24.0. The van der Waals surface area contributed by atoms with Gasteiger partial charge < -0.3 is 59.2 Å². The quantitative estimate of drug-likeness (QED) is 0.0522.